The second-order valence-corrected chi connectivity index (χ2v) is 11.6. The highest BCUT2D eigenvalue weighted by Crippen LogP contribution is 2.37. The molecule has 4 aromatic rings. The number of hydrogen-bond acceptors (Lipinski definition) is 11. The molecule has 0 radical (unpaired) electrons. The number of pyridine rings is 2. The molecule has 0 amide bonds. The second kappa shape index (κ2) is 14.1. The van der Waals surface area contributed by atoms with Crippen molar-refractivity contribution in [3.8, 4) is 23.0 Å². The molecular formula is C32H37N5O5S. The van der Waals surface area contributed by atoms with Gasteiger partial charge < -0.3 is 23.8 Å². The highest BCUT2D eigenvalue weighted by atomic mass is 32.1. The fourth-order valence-corrected chi connectivity index (χ4v) is 6.25. The SMILES string of the molecule is COc1cc2c(Oc3ccc(CC(=O)c4csc(N5CCCCC5)n4)nc3)ccnc2cc1OCCCN1CCOCC1. The number of nitrogens with zero attached hydrogens (tertiary/aromatic N) is 5. The number of fused-ring (bicyclic) bond motifs is 1. The number of carbonyl (C=O) groups excluding carboxylic acids is 1. The van der Waals surface area contributed by atoms with Crippen LogP contribution in [0.1, 0.15) is 41.9 Å². The molecular weight excluding hydrogens is 566 g/mol. The van der Waals surface area contributed by atoms with Crippen molar-refractivity contribution in [3.05, 3.63) is 59.5 Å². The Morgan fingerprint density at radius 2 is 1.86 bits per heavy atom. The van der Waals surface area contributed by atoms with Crippen LogP contribution in [0.4, 0.5) is 5.13 Å². The lowest BCUT2D eigenvalue weighted by Gasteiger charge is -2.26. The number of rotatable bonds is 12. The van der Waals surface area contributed by atoms with Gasteiger partial charge in [0, 0.05) is 61.4 Å². The Kier molecular flexibility index (Phi) is 9.61. The number of anilines is 1. The van der Waals surface area contributed by atoms with Crippen molar-refractivity contribution in [1.29, 1.82) is 0 Å². The molecule has 0 spiro atoms. The van der Waals surface area contributed by atoms with Gasteiger partial charge in [0.15, 0.2) is 22.4 Å². The van der Waals surface area contributed by atoms with Crippen LogP contribution < -0.4 is 19.1 Å². The summed E-state index contributed by atoms with van der Waals surface area (Å²) in [5.74, 6) is 2.43. The summed E-state index contributed by atoms with van der Waals surface area (Å²) in [5.41, 5.74) is 1.91. The van der Waals surface area contributed by atoms with Crippen molar-refractivity contribution in [1.82, 2.24) is 19.9 Å². The van der Waals surface area contributed by atoms with E-state index in [1.54, 1.807) is 19.5 Å². The molecule has 11 heteroatoms. The van der Waals surface area contributed by atoms with Crippen molar-refractivity contribution in [2.75, 3.05) is 64.6 Å². The van der Waals surface area contributed by atoms with Crippen LogP contribution in [0, 0.1) is 0 Å². The molecule has 10 nitrogen and oxygen atoms in total. The van der Waals surface area contributed by atoms with Gasteiger partial charge in [-0.2, -0.15) is 0 Å². The number of methoxy groups -OCH3 is 1. The van der Waals surface area contributed by atoms with Crippen LogP contribution in [0.3, 0.4) is 0 Å². The minimum Gasteiger partial charge on any atom is -0.493 e. The summed E-state index contributed by atoms with van der Waals surface area (Å²) in [7, 11) is 1.63. The topological polar surface area (TPSA) is 99.1 Å². The van der Waals surface area contributed by atoms with E-state index in [9.17, 15) is 4.79 Å². The number of ether oxygens (including phenoxy) is 4. The standard InChI is InChI=1S/C32H37N5O5S/c1-39-30-19-25-26(20-31(30)41-15-5-10-36-13-16-40-17-14-36)33-9-8-29(25)42-24-7-6-23(34-21-24)18-28(38)27-22-43-32(35-27)37-11-3-2-4-12-37/h6-9,19-22H,2-5,10-18H2,1H3. The van der Waals surface area contributed by atoms with Gasteiger partial charge in [0.25, 0.3) is 0 Å². The van der Waals surface area contributed by atoms with Gasteiger partial charge in [0.2, 0.25) is 0 Å². The predicted octanol–water partition coefficient (Wildman–Crippen LogP) is 5.40. The van der Waals surface area contributed by atoms with Crippen LogP contribution in [-0.2, 0) is 11.2 Å². The van der Waals surface area contributed by atoms with Gasteiger partial charge in [0.1, 0.15) is 17.2 Å². The maximum Gasteiger partial charge on any atom is 0.188 e. The van der Waals surface area contributed by atoms with Crippen molar-refractivity contribution < 1.29 is 23.7 Å². The van der Waals surface area contributed by atoms with E-state index in [4.69, 9.17) is 18.9 Å². The van der Waals surface area contributed by atoms with Gasteiger partial charge in [0.05, 0.1) is 45.1 Å². The molecule has 2 fully saturated rings. The molecule has 6 rings (SSSR count). The van der Waals surface area contributed by atoms with Crippen LogP contribution in [0.15, 0.2) is 48.1 Å². The third kappa shape index (κ3) is 7.41. The number of ketones is 1. The average molecular weight is 604 g/mol. The first-order valence-electron chi connectivity index (χ1n) is 14.9. The maximum absolute atomic E-state index is 12.9. The molecule has 5 heterocycles. The van der Waals surface area contributed by atoms with Gasteiger partial charge in [-0.05, 0) is 49.9 Å². The Morgan fingerprint density at radius 3 is 2.65 bits per heavy atom. The van der Waals surface area contributed by atoms with Crippen LogP contribution in [-0.4, -0.2) is 85.3 Å². The third-order valence-electron chi connectivity index (χ3n) is 7.74. The zero-order valence-electron chi connectivity index (χ0n) is 24.5. The van der Waals surface area contributed by atoms with E-state index in [1.165, 1.54) is 30.6 Å². The Morgan fingerprint density at radius 1 is 1.00 bits per heavy atom. The molecule has 0 bridgehead atoms. The first-order chi connectivity index (χ1) is 21.2. The minimum absolute atomic E-state index is 0.0352. The van der Waals surface area contributed by atoms with E-state index in [1.807, 2.05) is 35.7 Å². The van der Waals surface area contributed by atoms with Gasteiger partial charge in [-0.25, -0.2) is 4.98 Å². The molecule has 0 atom stereocenters. The maximum atomic E-state index is 12.9. The number of aromatic nitrogens is 3. The van der Waals surface area contributed by atoms with E-state index >= 15 is 0 Å². The summed E-state index contributed by atoms with van der Waals surface area (Å²) in [6.45, 7) is 7.09. The molecule has 2 aliphatic heterocycles. The number of hydrogen-bond donors (Lipinski definition) is 0. The summed E-state index contributed by atoms with van der Waals surface area (Å²) in [6.07, 6.45) is 8.06. The Hall–Kier alpha value is -3.80. The van der Waals surface area contributed by atoms with Gasteiger partial charge >= 0.3 is 0 Å². The third-order valence-corrected chi connectivity index (χ3v) is 8.64. The number of thiazole rings is 1. The molecule has 226 valence electrons. The summed E-state index contributed by atoms with van der Waals surface area (Å²) in [4.78, 5) is 31.2. The largest absolute Gasteiger partial charge is 0.493 e. The van der Waals surface area contributed by atoms with Crippen molar-refractivity contribution in [3.63, 3.8) is 0 Å². The first-order valence-corrected chi connectivity index (χ1v) is 15.8. The van der Waals surface area contributed by atoms with Crippen LogP contribution in [0.2, 0.25) is 0 Å². The molecule has 0 N–H and O–H groups in total. The highest BCUT2D eigenvalue weighted by molar-refractivity contribution is 7.13. The molecule has 43 heavy (non-hydrogen) atoms. The zero-order valence-corrected chi connectivity index (χ0v) is 25.3. The minimum atomic E-state index is -0.0352. The number of piperidine rings is 1. The molecule has 2 aliphatic rings. The van der Waals surface area contributed by atoms with Crippen LogP contribution in [0.25, 0.3) is 10.9 Å². The van der Waals surface area contributed by atoms with Crippen LogP contribution >= 0.6 is 11.3 Å². The molecule has 3 aromatic heterocycles. The fraction of sp³-hybridized carbons (Fsp3) is 0.438. The Balaban J connectivity index is 1.07. The molecule has 2 saturated heterocycles. The Labute approximate surface area is 255 Å². The van der Waals surface area contributed by atoms with E-state index in [0.717, 1.165) is 68.4 Å². The molecule has 0 aliphatic carbocycles. The summed E-state index contributed by atoms with van der Waals surface area (Å²) in [5, 5.41) is 3.59. The van der Waals surface area contributed by atoms with Gasteiger partial charge in [-0.1, -0.05) is 0 Å². The monoisotopic (exact) mass is 603 g/mol. The van der Waals surface area contributed by atoms with E-state index in [2.05, 4.69) is 24.8 Å². The van der Waals surface area contributed by atoms with Crippen molar-refractivity contribution >= 4 is 33.2 Å². The zero-order chi connectivity index (χ0) is 29.4. The number of carbonyl (C=O) groups is 1. The number of morpholine rings is 1. The lowest BCUT2D eigenvalue weighted by molar-refractivity contribution is 0.0357. The Bertz CT molecular complexity index is 1520. The van der Waals surface area contributed by atoms with E-state index < -0.39 is 0 Å². The molecule has 1 aromatic carbocycles. The molecule has 0 unspecified atom stereocenters. The lowest BCUT2D eigenvalue weighted by Crippen LogP contribution is -2.37. The quantitative estimate of drug-likeness (QED) is 0.155. The van der Waals surface area contributed by atoms with Gasteiger partial charge in [-0.3, -0.25) is 19.7 Å². The molecule has 0 saturated carbocycles. The highest BCUT2D eigenvalue weighted by Gasteiger charge is 2.18. The average Bonchev–Trinajstić information content (AvgIpc) is 3.56. The number of Topliss-reactive ketones (excluding diaryl/α,β-unsaturated/α-hetero) is 1. The second-order valence-electron chi connectivity index (χ2n) is 10.7. The smallest absolute Gasteiger partial charge is 0.188 e. The van der Waals surface area contributed by atoms with Crippen molar-refractivity contribution in [2.24, 2.45) is 0 Å². The number of benzene rings is 1. The normalized spacial score (nSPS) is 15.9. The van der Waals surface area contributed by atoms with Crippen LogP contribution in [0.5, 0.6) is 23.0 Å². The predicted molar refractivity (Wildman–Crippen MR) is 166 cm³/mol. The van der Waals surface area contributed by atoms with E-state index in [-0.39, 0.29) is 12.2 Å². The van der Waals surface area contributed by atoms with Gasteiger partial charge in [-0.15, -0.1) is 11.3 Å². The fourth-order valence-electron chi connectivity index (χ4n) is 5.37. The first kappa shape index (κ1) is 29.3. The summed E-state index contributed by atoms with van der Waals surface area (Å²) >= 11 is 1.54. The summed E-state index contributed by atoms with van der Waals surface area (Å²) < 4.78 is 23.3. The lowest BCUT2D eigenvalue weighted by atomic mass is 10.1. The summed E-state index contributed by atoms with van der Waals surface area (Å²) in [6, 6.07) is 9.23. The van der Waals surface area contributed by atoms with E-state index in [0.29, 0.717) is 41.0 Å². The van der Waals surface area contributed by atoms with Crippen molar-refractivity contribution in [2.45, 2.75) is 32.1 Å².